The van der Waals surface area contributed by atoms with Crippen LogP contribution >= 0.6 is 0 Å². The minimum atomic E-state index is 0.0894. The van der Waals surface area contributed by atoms with E-state index in [0.29, 0.717) is 13.0 Å². The summed E-state index contributed by atoms with van der Waals surface area (Å²) in [6.45, 7) is 3.80. The van der Waals surface area contributed by atoms with Crippen LogP contribution in [0, 0.1) is 0 Å². The highest BCUT2D eigenvalue weighted by atomic mass is 16.2. The zero-order chi connectivity index (χ0) is 10.1. The van der Waals surface area contributed by atoms with E-state index < -0.39 is 0 Å². The molecule has 4 heteroatoms. The molecule has 0 aromatic rings. The van der Waals surface area contributed by atoms with Crippen molar-refractivity contribution in [2.45, 2.75) is 32.2 Å². The van der Waals surface area contributed by atoms with Crippen molar-refractivity contribution in [2.24, 2.45) is 0 Å². The fourth-order valence-corrected chi connectivity index (χ4v) is 2.36. The van der Waals surface area contributed by atoms with Crippen LogP contribution < -0.4 is 0 Å². The molecular formula is C10H16N2O2. The Hall–Kier alpha value is -1.06. The van der Waals surface area contributed by atoms with Crippen molar-refractivity contribution >= 4 is 11.8 Å². The molecule has 2 aliphatic heterocycles. The fraction of sp³-hybridized carbons (Fsp3) is 0.800. The molecule has 0 N–H and O–H groups in total. The van der Waals surface area contributed by atoms with Gasteiger partial charge in [0, 0.05) is 39.0 Å². The molecule has 0 bridgehead atoms. The van der Waals surface area contributed by atoms with Crippen molar-refractivity contribution in [2.75, 3.05) is 19.6 Å². The normalized spacial score (nSPS) is 27.5. The molecule has 0 aromatic heterocycles. The van der Waals surface area contributed by atoms with E-state index in [-0.39, 0.29) is 17.9 Å². The highest BCUT2D eigenvalue weighted by Crippen LogP contribution is 2.22. The molecule has 2 rings (SSSR count). The van der Waals surface area contributed by atoms with Gasteiger partial charge in [-0.05, 0) is 12.8 Å². The predicted octanol–water partition coefficient (Wildman–Crippen LogP) is 0.230. The summed E-state index contributed by atoms with van der Waals surface area (Å²) in [5.41, 5.74) is 0. The van der Waals surface area contributed by atoms with Gasteiger partial charge in [0.1, 0.15) is 0 Å². The summed E-state index contributed by atoms with van der Waals surface area (Å²) in [4.78, 5) is 26.6. The Bertz CT molecular complexity index is 265. The van der Waals surface area contributed by atoms with Gasteiger partial charge in [0.25, 0.3) is 0 Å². The van der Waals surface area contributed by atoms with Crippen molar-refractivity contribution in [3.8, 4) is 0 Å². The molecule has 0 radical (unpaired) electrons. The van der Waals surface area contributed by atoms with Crippen LogP contribution in [0.2, 0.25) is 0 Å². The number of hydrogen-bond donors (Lipinski definition) is 0. The zero-order valence-electron chi connectivity index (χ0n) is 8.53. The molecule has 2 aliphatic rings. The number of hydrogen-bond acceptors (Lipinski definition) is 2. The lowest BCUT2D eigenvalue weighted by Gasteiger charge is -2.24. The Morgan fingerprint density at radius 3 is 2.93 bits per heavy atom. The first-order valence-electron chi connectivity index (χ1n) is 5.23. The lowest BCUT2D eigenvalue weighted by atomic mass is 10.2. The molecule has 14 heavy (non-hydrogen) atoms. The predicted molar refractivity (Wildman–Crippen MR) is 51.6 cm³/mol. The first kappa shape index (κ1) is 9.49. The van der Waals surface area contributed by atoms with Crippen LogP contribution in [0.5, 0.6) is 0 Å². The highest BCUT2D eigenvalue weighted by molar-refractivity contribution is 5.79. The van der Waals surface area contributed by atoms with Crippen molar-refractivity contribution in [3.63, 3.8) is 0 Å². The maximum absolute atomic E-state index is 11.7. The summed E-state index contributed by atoms with van der Waals surface area (Å²) in [7, 11) is 0. The van der Waals surface area contributed by atoms with Gasteiger partial charge < -0.3 is 9.80 Å². The van der Waals surface area contributed by atoms with Crippen LogP contribution in [-0.2, 0) is 9.59 Å². The van der Waals surface area contributed by atoms with Crippen molar-refractivity contribution < 1.29 is 9.59 Å². The molecule has 78 valence electrons. The highest BCUT2D eigenvalue weighted by Gasteiger charge is 2.33. The van der Waals surface area contributed by atoms with Gasteiger partial charge >= 0.3 is 0 Å². The number of carbonyl (C=O) groups is 2. The van der Waals surface area contributed by atoms with Gasteiger partial charge in [0.15, 0.2) is 0 Å². The monoisotopic (exact) mass is 196 g/mol. The lowest BCUT2D eigenvalue weighted by Crippen LogP contribution is -2.39. The van der Waals surface area contributed by atoms with E-state index in [4.69, 9.17) is 0 Å². The second kappa shape index (κ2) is 3.59. The Labute approximate surface area is 83.9 Å². The Kier molecular flexibility index (Phi) is 2.44. The van der Waals surface area contributed by atoms with Crippen molar-refractivity contribution in [3.05, 3.63) is 0 Å². The van der Waals surface area contributed by atoms with Crippen LogP contribution in [-0.4, -0.2) is 47.3 Å². The second-order valence-corrected chi connectivity index (χ2v) is 4.10. The number of rotatable bonds is 0. The van der Waals surface area contributed by atoms with Crippen LogP contribution in [0.25, 0.3) is 0 Å². The van der Waals surface area contributed by atoms with Gasteiger partial charge in [0.05, 0.1) is 0 Å². The van der Waals surface area contributed by atoms with Crippen LogP contribution in [0.4, 0.5) is 0 Å². The quantitative estimate of drug-likeness (QED) is 0.556. The second-order valence-electron chi connectivity index (χ2n) is 4.10. The van der Waals surface area contributed by atoms with E-state index in [1.807, 2.05) is 4.90 Å². The van der Waals surface area contributed by atoms with Gasteiger partial charge in [-0.2, -0.15) is 0 Å². The molecule has 4 nitrogen and oxygen atoms in total. The third-order valence-corrected chi connectivity index (χ3v) is 3.17. The Morgan fingerprint density at radius 1 is 1.43 bits per heavy atom. The third kappa shape index (κ3) is 1.61. The zero-order valence-corrected chi connectivity index (χ0v) is 8.53. The molecule has 0 aliphatic carbocycles. The molecule has 0 saturated carbocycles. The van der Waals surface area contributed by atoms with E-state index in [2.05, 4.69) is 0 Å². The van der Waals surface area contributed by atoms with Gasteiger partial charge in [-0.25, -0.2) is 0 Å². The van der Waals surface area contributed by atoms with Crippen molar-refractivity contribution in [1.82, 2.24) is 9.80 Å². The van der Waals surface area contributed by atoms with E-state index in [1.54, 1.807) is 11.8 Å². The molecule has 2 saturated heterocycles. The van der Waals surface area contributed by atoms with Crippen LogP contribution in [0.1, 0.15) is 26.2 Å². The summed E-state index contributed by atoms with van der Waals surface area (Å²) in [6, 6.07) is 0.286. The maximum atomic E-state index is 11.7. The number of nitrogens with zero attached hydrogens (tertiary/aromatic N) is 2. The average molecular weight is 196 g/mol. The van der Waals surface area contributed by atoms with Crippen LogP contribution in [0.3, 0.4) is 0 Å². The number of carbonyl (C=O) groups excluding carboxylic acids is 2. The summed E-state index contributed by atoms with van der Waals surface area (Å²) in [6.07, 6.45) is 2.63. The molecule has 0 spiro atoms. The van der Waals surface area contributed by atoms with Gasteiger partial charge in [-0.1, -0.05) is 0 Å². The minimum absolute atomic E-state index is 0.0894. The fourth-order valence-electron chi connectivity index (χ4n) is 2.36. The molecule has 1 atom stereocenters. The smallest absolute Gasteiger partial charge is 0.224 e. The summed E-state index contributed by atoms with van der Waals surface area (Å²) in [5, 5.41) is 0. The lowest BCUT2D eigenvalue weighted by molar-refractivity contribution is -0.131. The largest absolute Gasteiger partial charge is 0.340 e. The molecule has 2 amide bonds. The van der Waals surface area contributed by atoms with E-state index in [1.165, 1.54) is 0 Å². The SMILES string of the molecule is CC(=O)N1CCC(=O)N2CCCC2C1. The number of fused-ring (bicyclic) bond motifs is 1. The van der Waals surface area contributed by atoms with Gasteiger partial charge in [-0.15, -0.1) is 0 Å². The maximum Gasteiger partial charge on any atom is 0.224 e. The summed E-state index contributed by atoms with van der Waals surface area (Å²) < 4.78 is 0. The molecule has 2 heterocycles. The van der Waals surface area contributed by atoms with Crippen molar-refractivity contribution in [1.29, 1.82) is 0 Å². The number of amides is 2. The van der Waals surface area contributed by atoms with Gasteiger partial charge in [0.2, 0.25) is 11.8 Å². The van der Waals surface area contributed by atoms with Crippen LogP contribution in [0.15, 0.2) is 0 Å². The van der Waals surface area contributed by atoms with E-state index in [9.17, 15) is 9.59 Å². The first-order valence-corrected chi connectivity index (χ1v) is 5.23. The molecular weight excluding hydrogens is 180 g/mol. The third-order valence-electron chi connectivity index (χ3n) is 3.17. The summed E-state index contributed by atoms with van der Waals surface area (Å²) >= 11 is 0. The average Bonchev–Trinajstić information content (AvgIpc) is 2.53. The summed E-state index contributed by atoms with van der Waals surface area (Å²) in [5.74, 6) is 0.308. The topological polar surface area (TPSA) is 40.6 Å². The molecule has 2 fully saturated rings. The molecule has 0 aromatic carbocycles. The Morgan fingerprint density at radius 2 is 2.21 bits per heavy atom. The standard InChI is InChI=1S/C10H16N2O2/c1-8(13)11-6-4-10(14)12-5-2-3-9(12)7-11/h9H,2-7H2,1H3. The van der Waals surface area contributed by atoms with Gasteiger partial charge in [-0.3, -0.25) is 9.59 Å². The minimum Gasteiger partial charge on any atom is -0.340 e. The van der Waals surface area contributed by atoms with E-state index in [0.717, 1.165) is 25.9 Å². The first-order chi connectivity index (χ1) is 6.68. The Balaban J connectivity index is 2.11. The molecule has 1 unspecified atom stereocenters. The van der Waals surface area contributed by atoms with E-state index >= 15 is 0 Å².